The number of hydrogen-bond donors (Lipinski definition) is 0. The molecule has 4 nitrogen and oxygen atoms in total. The highest BCUT2D eigenvalue weighted by atomic mass is 35.5. The minimum atomic E-state index is 0. The first-order chi connectivity index (χ1) is 18.5. The van der Waals surface area contributed by atoms with E-state index in [-0.39, 0.29) is 24.8 Å². The van der Waals surface area contributed by atoms with Gasteiger partial charge in [-0.25, -0.2) is 0 Å². The number of halogens is 2. The standard InChI is InChI=1S/C36H74N2O2.2ClH/c1-29-15-13-21-35(5,6)33(29)19-17-31(3)37(9,10)23-25-39-27-28-40-26-24-38(11,12)32(4)18-20-34-30(2)16-14-22-36(34,7)8;;/h29-34H,13-28H2,1-12H3;2*1H/q+2;;/p-2. The summed E-state index contributed by atoms with van der Waals surface area (Å²) in [5, 5.41) is 0. The lowest BCUT2D eigenvalue weighted by atomic mass is 9.62. The van der Waals surface area contributed by atoms with E-state index in [4.69, 9.17) is 9.47 Å². The highest BCUT2D eigenvalue weighted by Gasteiger charge is 2.39. The molecule has 6 heteroatoms. The summed E-state index contributed by atoms with van der Waals surface area (Å²) >= 11 is 0. The molecule has 2 saturated carbocycles. The van der Waals surface area contributed by atoms with Crippen LogP contribution >= 0.6 is 0 Å². The molecule has 42 heavy (non-hydrogen) atoms. The molecule has 0 heterocycles. The molecule has 2 aliphatic carbocycles. The number of hydrogen-bond acceptors (Lipinski definition) is 2. The summed E-state index contributed by atoms with van der Waals surface area (Å²) in [6.07, 6.45) is 13.9. The van der Waals surface area contributed by atoms with Crippen LogP contribution in [-0.4, -0.2) is 88.8 Å². The fourth-order valence-corrected chi connectivity index (χ4v) is 8.33. The van der Waals surface area contributed by atoms with Crippen molar-refractivity contribution in [3.05, 3.63) is 0 Å². The average molecular weight is 638 g/mol. The summed E-state index contributed by atoms with van der Waals surface area (Å²) in [4.78, 5) is 0. The van der Waals surface area contributed by atoms with Crippen molar-refractivity contribution in [1.29, 1.82) is 0 Å². The Bertz CT molecular complexity index is 667. The third-order valence-electron chi connectivity index (χ3n) is 12.5. The molecule has 0 aromatic rings. The van der Waals surface area contributed by atoms with Gasteiger partial charge >= 0.3 is 0 Å². The monoisotopic (exact) mass is 637 g/mol. The highest BCUT2D eigenvalue weighted by Crippen LogP contribution is 2.47. The van der Waals surface area contributed by atoms with Gasteiger partial charge in [0.25, 0.3) is 0 Å². The van der Waals surface area contributed by atoms with E-state index in [1.807, 2.05) is 0 Å². The van der Waals surface area contributed by atoms with E-state index in [0.717, 1.165) is 58.9 Å². The predicted molar refractivity (Wildman–Crippen MR) is 174 cm³/mol. The third-order valence-corrected chi connectivity index (χ3v) is 12.5. The molecule has 254 valence electrons. The Kier molecular flexibility index (Phi) is 18.7. The molecule has 0 amide bonds. The van der Waals surface area contributed by atoms with Crippen LogP contribution in [0.3, 0.4) is 0 Å². The Morgan fingerprint density at radius 2 is 0.952 bits per heavy atom. The Balaban J connectivity index is 0.00000840. The van der Waals surface area contributed by atoms with Crippen LogP contribution in [0.15, 0.2) is 0 Å². The van der Waals surface area contributed by atoms with Gasteiger partial charge in [-0.05, 0) is 86.9 Å². The Morgan fingerprint density at radius 1 is 0.619 bits per heavy atom. The Morgan fingerprint density at radius 3 is 1.26 bits per heavy atom. The van der Waals surface area contributed by atoms with Gasteiger partial charge in [0.15, 0.2) is 0 Å². The maximum Gasteiger partial charge on any atom is 0.102 e. The number of nitrogens with zero attached hydrogens (tertiary/aromatic N) is 2. The van der Waals surface area contributed by atoms with Crippen LogP contribution in [-0.2, 0) is 9.47 Å². The quantitative estimate of drug-likeness (QED) is 0.180. The molecule has 0 bridgehead atoms. The summed E-state index contributed by atoms with van der Waals surface area (Å²) in [5.74, 6) is 3.49. The second-order valence-corrected chi connectivity index (χ2v) is 17.0. The normalized spacial score (nSPS) is 27.4. The lowest BCUT2D eigenvalue weighted by molar-refractivity contribution is -0.914. The van der Waals surface area contributed by atoms with Crippen molar-refractivity contribution >= 4 is 0 Å². The molecule has 2 aliphatic rings. The third kappa shape index (κ3) is 13.0. The van der Waals surface area contributed by atoms with Crippen LogP contribution in [0.5, 0.6) is 0 Å². The summed E-state index contributed by atoms with van der Waals surface area (Å²) in [7, 11) is 9.54. The second-order valence-electron chi connectivity index (χ2n) is 17.0. The fraction of sp³-hybridized carbons (Fsp3) is 1.00. The van der Waals surface area contributed by atoms with E-state index in [2.05, 4.69) is 83.6 Å². The van der Waals surface area contributed by atoms with Crippen molar-refractivity contribution in [2.75, 3.05) is 67.7 Å². The van der Waals surface area contributed by atoms with Gasteiger partial charge in [-0.1, -0.05) is 67.2 Å². The first-order valence-electron chi connectivity index (χ1n) is 17.3. The van der Waals surface area contributed by atoms with Crippen LogP contribution in [0.1, 0.15) is 120 Å². The van der Waals surface area contributed by atoms with Crippen LogP contribution < -0.4 is 24.8 Å². The van der Waals surface area contributed by atoms with Crippen molar-refractivity contribution < 1.29 is 43.3 Å². The second kappa shape index (κ2) is 18.5. The Hall–Kier alpha value is 0.420. The van der Waals surface area contributed by atoms with Crippen molar-refractivity contribution in [3.63, 3.8) is 0 Å². The average Bonchev–Trinajstić information content (AvgIpc) is 2.83. The molecule has 0 radical (unpaired) electrons. The van der Waals surface area contributed by atoms with Crippen molar-refractivity contribution in [1.82, 2.24) is 0 Å². The number of likely N-dealkylation sites (N-methyl/N-ethyl adjacent to an activating group) is 2. The maximum atomic E-state index is 6.03. The summed E-state index contributed by atoms with van der Waals surface area (Å²) in [6.45, 7) is 25.1. The van der Waals surface area contributed by atoms with Gasteiger partial charge in [-0.3, -0.25) is 0 Å². The Labute approximate surface area is 276 Å². The van der Waals surface area contributed by atoms with Gasteiger partial charge < -0.3 is 43.3 Å². The van der Waals surface area contributed by atoms with Gasteiger partial charge in [0.05, 0.1) is 66.7 Å². The highest BCUT2D eigenvalue weighted by molar-refractivity contribution is 4.87. The molecule has 0 aromatic heterocycles. The zero-order valence-corrected chi connectivity index (χ0v) is 31.8. The van der Waals surface area contributed by atoms with Gasteiger partial charge in [0.1, 0.15) is 13.1 Å². The largest absolute Gasteiger partial charge is 1.00 e. The molecule has 0 aliphatic heterocycles. The van der Waals surface area contributed by atoms with Crippen LogP contribution in [0.2, 0.25) is 0 Å². The SMILES string of the molecule is CC1CCCC(C)(C)C1CCC(C)[N+](C)(C)CCOCCOCC[N+](C)(C)C(C)CCC1C(C)CCCC1(C)C.[Cl-].[Cl-]. The van der Waals surface area contributed by atoms with Gasteiger partial charge in [0, 0.05) is 0 Å². The van der Waals surface area contributed by atoms with Gasteiger partial charge in [-0.15, -0.1) is 0 Å². The van der Waals surface area contributed by atoms with E-state index in [1.165, 1.54) is 64.2 Å². The van der Waals surface area contributed by atoms with Gasteiger partial charge in [-0.2, -0.15) is 0 Å². The molecule has 0 saturated heterocycles. The molecule has 2 fully saturated rings. The molecule has 2 rings (SSSR count). The number of ether oxygens (including phenoxy) is 2. The van der Waals surface area contributed by atoms with Crippen LogP contribution in [0.4, 0.5) is 0 Å². The molecule has 6 unspecified atom stereocenters. The van der Waals surface area contributed by atoms with Gasteiger partial charge in [0.2, 0.25) is 0 Å². The lowest BCUT2D eigenvalue weighted by Gasteiger charge is -2.44. The van der Waals surface area contributed by atoms with Crippen LogP contribution in [0.25, 0.3) is 0 Å². The molecule has 0 aromatic carbocycles. The maximum absolute atomic E-state index is 6.03. The molecule has 6 atom stereocenters. The molecule has 0 spiro atoms. The topological polar surface area (TPSA) is 18.5 Å². The smallest absolute Gasteiger partial charge is 0.102 e. The first kappa shape index (κ1) is 42.4. The van der Waals surface area contributed by atoms with Crippen molar-refractivity contribution in [2.45, 2.75) is 132 Å². The van der Waals surface area contributed by atoms with E-state index < -0.39 is 0 Å². The zero-order valence-electron chi connectivity index (χ0n) is 30.2. The van der Waals surface area contributed by atoms with Crippen LogP contribution in [0, 0.1) is 34.5 Å². The first-order valence-corrected chi connectivity index (χ1v) is 17.3. The minimum absolute atomic E-state index is 0. The van der Waals surface area contributed by atoms with E-state index in [0.29, 0.717) is 36.1 Å². The van der Waals surface area contributed by atoms with E-state index in [1.54, 1.807) is 0 Å². The molecule has 0 N–H and O–H groups in total. The predicted octanol–water partition coefficient (Wildman–Crippen LogP) is 2.44. The molecular weight excluding hydrogens is 563 g/mol. The number of quaternary nitrogens is 2. The lowest BCUT2D eigenvalue weighted by Crippen LogP contribution is -3.00. The van der Waals surface area contributed by atoms with Crippen molar-refractivity contribution in [2.24, 2.45) is 34.5 Å². The summed E-state index contributed by atoms with van der Waals surface area (Å²) in [6, 6.07) is 1.33. The summed E-state index contributed by atoms with van der Waals surface area (Å²) in [5.41, 5.74) is 1.02. The molecular formula is C36H74Cl2N2O2. The van der Waals surface area contributed by atoms with Crippen molar-refractivity contribution in [3.8, 4) is 0 Å². The van der Waals surface area contributed by atoms with E-state index >= 15 is 0 Å². The number of rotatable bonds is 17. The zero-order chi connectivity index (χ0) is 30.2. The summed E-state index contributed by atoms with van der Waals surface area (Å²) < 4.78 is 14.2. The fourth-order valence-electron chi connectivity index (χ4n) is 8.33. The minimum Gasteiger partial charge on any atom is -1.00 e. The van der Waals surface area contributed by atoms with E-state index in [9.17, 15) is 0 Å².